The molecule has 3 N–H and O–H groups in total. The van der Waals surface area contributed by atoms with Crippen LogP contribution in [0.25, 0.3) is 0 Å². The van der Waals surface area contributed by atoms with Crippen molar-refractivity contribution in [3.63, 3.8) is 0 Å². The third kappa shape index (κ3) is 14.5. The Balaban J connectivity index is 0.000000632. The third-order valence-electron chi connectivity index (χ3n) is 5.46. The van der Waals surface area contributed by atoms with Crippen LogP contribution in [0.4, 0.5) is 0 Å². The first-order chi connectivity index (χ1) is 17.5. The van der Waals surface area contributed by atoms with Gasteiger partial charge in [-0.3, -0.25) is 4.79 Å². The van der Waals surface area contributed by atoms with Crippen LogP contribution in [0.2, 0.25) is 10.0 Å². The van der Waals surface area contributed by atoms with Gasteiger partial charge in [-0.25, -0.2) is 0 Å². The molecular formula is C30H50Cl2N4O. The van der Waals surface area contributed by atoms with Gasteiger partial charge in [0.1, 0.15) is 0 Å². The highest BCUT2D eigenvalue weighted by Gasteiger charge is 2.25. The van der Waals surface area contributed by atoms with E-state index in [0.717, 1.165) is 68.8 Å². The number of hydrogen-bond acceptors (Lipinski definition) is 4. The molecule has 1 aliphatic heterocycles. The summed E-state index contributed by atoms with van der Waals surface area (Å²) in [6.07, 6.45) is 6.26. The first-order valence-corrected chi connectivity index (χ1v) is 14.2. The number of likely N-dealkylation sites (N-methyl/N-ethyl adjacent to an activating group) is 1. The van der Waals surface area contributed by atoms with E-state index >= 15 is 0 Å². The van der Waals surface area contributed by atoms with Crippen molar-refractivity contribution in [3.05, 3.63) is 70.0 Å². The predicted molar refractivity (Wildman–Crippen MR) is 163 cm³/mol. The largest absolute Gasteiger partial charge is 0.384 e. The quantitative estimate of drug-likeness (QED) is 0.195. The lowest BCUT2D eigenvalue weighted by Gasteiger charge is -2.24. The minimum atomic E-state index is 0.0610. The van der Waals surface area contributed by atoms with Gasteiger partial charge in [-0.2, -0.15) is 0 Å². The van der Waals surface area contributed by atoms with Gasteiger partial charge in [0.2, 0.25) is 5.91 Å². The van der Waals surface area contributed by atoms with Crippen molar-refractivity contribution < 1.29 is 4.79 Å². The molecular weight excluding hydrogens is 503 g/mol. The Labute approximate surface area is 236 Å². The highest BCUT2D eigenvalue weighted by molar-refractivity contribution is 6.35. The van der Waals surface area contributed by atoms with Gasteiger partial charge in [0, 0.05) is 29.7 Å². The minimum absolute atomic E-state index is 0.0610. The molecule has 1 unspecified atom stereocenters. The summed E-state index contributed by atoms with van der Waals surface area (Å²) in [6, 6.07) is 5.68. The SMILES string of the molecule is C=C(C)C.C=C(NC(C)c1ccc(Cl)cc1Cl)/C(=C\C)NCC.CCCN(CCC)C(=O)[C@H]1CCCN1. The Hall–Kier alpha value is -1.95. The lowest BCUT2D eigenvalue weighted by atomic mass is 10.1. The summed E-state index contributed by atoms with van der Waals surface area (Å²) in [6.45, 7) is 25.5. The van der Waals surface area contributed by atoms with Crippen LogP contribution in [-0.2, 0) is 4.79 Å². The summed E-state index contributed by atoms with van der Waals surface area (Å²) >= 11 is 12.1. The fraction of sp³-hybridized carbons (Fsp3) is 0.567. The number of benzene rings is 1. The van der Waals surface area contributed by atoms with E-state index in [9.17, 15) is 4.79 Å². The second kappa shape index (κ2) is 20.1. The first-order valence-electron chi connectivity index (χ1n) is 13.5. The molecule has 0 aromatic heterocycles. The number of nitrogens with zero attached hydrogens (tertiary/aromatic N) is 1. The molecule has 0 saturated carbocycles. The van der Waals surface area contributed by atoms with E-state index in [1.165, 1.54) is 5.57 Å². The number of rotatable bonds is 11. The van der Waals surface area contributed by atoms with Gasteiger partial charge in [0.15, 0.2) is 0 Å². The fourth-order valence-corrected chi connectivity index (χ4v) is 4.40. The second-order valence-electron chi connectivity index (χ2n) is 9.42. The van der Waals surface area contributed by atoms with E-state index < -0.39 is 0 Å². The number of carbonyl (C=O) groups excluding carboxylic acids is 1. The van der Waals surface area contributed by atoms with Gasteiger partial charge in [0.05, 0.1) is 23.5 Å². The highest BCUT2D eigenvalue weighted by Crippen LogP contribution is 2.27. The highest BCUT2D eigenvalue weighted by atomic mass is 35.5. The number of amides is 1. The van der Waals surface area contributed by atoms with E-state index in [2.05, 4.69) is 49.9 Å². The van der Waals surface area contributed by atoms with Crippen molar-refractivity contribution >= 4 is 29.1 Å². The Morgan fingerprint density at radius 3 is 2.22 bits per heavy atom. The van der Waals surface area contributed by atoms with Crippen LogP contribution >= 0.6 is 23.2 Å². The van der Waals surface area contributed by atoms with E-state index in [1.54, 1.807) is 6.07 Å². The average molecular weight is 554 g/mol. The van der Waals surface area contributed by atoms with Gasteiger partial charge in [-0.15, -0.1) is 6.58 Å². The summed E-state index contributed by atoms with van der Waals surface area (Å²) in [4.78, 5) is 14.0. The zero-order chi connectivity index (χ0) is 28.4. The van der Waals surface area contributed by atoms with Crippen LogP contribution in [0.15, 0.2) is 54.4 Å². The van der Waals surface area contributed by atoms with Crippen LogP contribution in [-0.4, -0.2) is 43.0 Å². The van der Waals surface area contributed by atoms with Crippen molar-refractivity contribution in [1.29, 1.82) is 0 Å². The van der Waals surface area contributed by atoms with E-state index in [4.69, 9.17) is 23.2 Å². The molecule has 2 rings (SSSR count). The summed E-state index contributed by atoms with van der Waals surface area (Å²) in [7, 11) is 0. The van der Waals surface area contributed by atoms with Crippen LogP contribution in [0, 0.1) is 0 Å². The van der Waals surface area contributed by atoms with E-state index in [1.807, 2.05) is 50.8 Å². The molecule has 1 heterocycles. The maximum atomic E-state index is 12.0. The van der Waals surface area contributed by atoms with Crippen molar-refractivity contribution in [2.75, 3.05) is 26.2 Å². The van der Waals surface area contributed by atoms with Crippen LogP contribution in [0.3, 0.4) is 0 Å². The standard InChI is InChI=1S/C15H20Cl2N2.C11H22N2O.C4H8/c1-5-15(18-6-2)11(4)19-10(3)13-8-7-12(16)9-14(13)17;1-3-8-13(9-4-2)11(14)10-6-5-7-12-10;1-4(2)3/h5,7-10,18-19H,4,6H2,1-3H3;10,12H,3-9H2,1-2H3;1H2,2-3H3/b15-5+;;/t;10-;/m.1./s1. The number of hydrogen-bond donors (Lipinski definition) is 3. The summed E-state index contributed by atoms with van der Waals surface area (Å²) in [5, 5.41) is 11.2. The van der Waals surface area contributed by atoms with E-state index in [0.29, 0.717) is 16.0 Å². The molecule has 1 fully saturated rings. The molecule has 5 nitrogen and oxygen atoms in total. The number of carbonyl (C=O) groups is 1. The molecule has 210 valence electrons. The molecule has 0 bridgehead atoms. The fourth-order valence-electron chi connectivity index (χ4n) is 3.83. The summed E-state index contributed by atoms with van der Waals surface area (Å²) in [5.74, 6) is 0.311. The monoisotopic (exact) mass is 552 g/mol. The molecule has 0 aliphatic carbocycles. The van der Waals surface area contributed by atoms with Gasteiger partial charge in [0.25, 0.3) is 0 Å². The number of halogens is 2. The van der Waals surface area contributed by atoms with Gasteiger partial charge >= 0.3 is 0 Å². The van der Waals surface area contributed by atoms with Gasteiger partial charge in [-0.05, 0) is 84.5 Å². The molecule has 1 aliphatic rings. The van der Waals surface area contributed by atoms with Crippen molar-refractivity contribution in [2.45, 2.75) is 86.2 Å². The Morgan fingerprint density at radius 1 is 1.19 bits per heavy atom. The first kappa shape index (κ1) is 35.1. The topological polar surface area (TPSA) is 56.4 Å². The molecule has 37 heavy (non-hydrogen) atoms. The maximum Gasteiger partial charge on any atom is 0.239 e. The summed E-state index contributed by atoms with van der Waals surface area (Å²) in [5.41, 5.74) is 4.02. The zero-order valence-electron chi connectivity index (χ0n) is 24.1. The average Bonchev–Trinajstić information content (AvgIpc) is 3.37. The lowest BCUT2D eigenvalue weighted by Crippen LogP contribution is -2.44. The predicted octanol–water partition coefficient (Wildman–Crippen LogP) is 7.64. The molecule has 1 aromatic carbocycles. The lowest BCUT2D eigenvalue weighted by molar-refractivity contribution is -0.133. The Bertz CT molecular complexity index is 853. The number of nitrogens with one attached hydrogen (secondary N) is 3. The normalized spacial score (nSPS) is 15.4. The summed E-state index contributed by atoms with van der Waals surface area (Å²) < 4.78 is 0. The van der Waals surface area contributed by atoms with Gasteiger partial charge in [-0.1, -0.05) is 61.3 Å². The molecule has 0 radical (unpaired) electrons. The van der Waals surface area contributed by atoms with Crippen LogP contribution < -0.4 is 16.0 Å². The van der Waals surface area contributed by atoms with Crippen molar-refractivity contribution in [2.24, 2.45) is 0 Å². The Kier molecular flexibility index (Phi) is 19.0. The molecule has 7 heteroatoms. The molecule has 1 aromatic rings. The van der Waals surface area contributed by atoms with Crippen molar-refractivity contribution in [3.8, 4) is 0 Å². The number of allylic oxidation sites excluding steroid dienone is 2. The van der Waals surface area contributed by atoms with Crippen molar-refractivity contribution in [1.82, 2.24) is 20.9 Å². The molecule has 2 atom stereocenters. The minimum Gasteiger partial charge on any atom is -0.384 e. The van der Waals surface area contributed by atoms with Crippen LogP contribution in [0.5, 0.6) is 0 Å². The Morgan fingerprint density at radius 2 is 1.78 bits per heavy atom. The van der Waals surface area contributed by atoms with Gasteiger partial charge < -0.3 is 20.9 Å². The van der Waals surface area contributed by atoms with Crippen LogP contribution in [0.1, 0.15) is 85.8 Å². The molecule has 1 saturated heterocycles. The smallest absolute Gasteiger partial charge is 0.239 e. The molecule has 1 amide bonds. The maximum absolute atomic E-state index is 12.0. The second-order valence-corrected chi connectivity index (χ2v) is 10.3. The zero-order valence-corrected chi connectivity index (χ0v) is 25.7. The molecule has 0 spiro atoms. The van der Waals surface area contributed by atoms with E-state index in [-0.39, 0.29) is 12.1 Å². The third-order valence-corrected chi connectivity index (χ3v) is 6.02.